The van der Waals surface area contributed by atoms with Crippen molar-refractivity contribution in [1.29, 1.82) is 0 Å². The number of carbonyl (C=O) groups is 1. The number of carbonyl (C=O) groups excluding carboxylic acids is 1. The van der Waals surface area contributed by atoms with E-state index in [1.807, 2.05) is 43.4 Å². The van der Waals surface area contributed by atoms with Crippen LogP contribution in [0.25, 0.3) is 0 Å². The van der Waals surface area contributed by atoms with Crippen LogP contribution in [0.3, 0.4) is 0 Å². The Bertz CT molecular complexity index is 755. The van der Waals surface area contributed by atoms with E-state index in [1.165, 1.54) is 24.1 Å². The van der Waals surface area contributed by atoms with E-state index in [-0.39, 0.29) is 12.1 Å². The van der Waals surface area contributed by atoms with Crippen molar-refractivity contribution in [3.8, 4) is 0 Å². The Balaban J connectivity index is 1.38. The lowest BCUT2D eigenvalue weighted by molar-refractivity contribution is 0.0208. The molecule has 27 heavy (non-hydrogen) atoms. The third-order valence-electron chi connectivity index (χ3n) is 6.10. The normalized spacial score (nSPS) is 25.2. The molecule has 2 aliphatic rings. The van der Waals surface area contributed by atoms with Gasteiger partial charge in [0.1, 0.15) is 0 Å². The SMILES string of the molecule is Cc1cccc(C)c1NC(=O)NC1C[C@H]2CCC[C@@H](C1)N2Cc1cccs1. The molecule has 5 heteroatoms. The van der Waals surface area contributed by atoms with E-state index in [9.17, 15) is 4.79 Å². The number of benzene rings is 1. The Morgan fingerprint density at radius 2 is 1.81 bits per heavy atom. The smallest absolute Gasteiger partial charge is 0.319 e. The number of amides is 2. The molecule has 2 aromatic rings. The molecule has 0 spiro atoms. The van der Waals surface area contributed by atoms with Gasteiger partial charge in [-0.15, -0.1) is 11.3 Å². The van der Waals surface area contributed by atoms with Gasteiger partial charge in [-0.1, -0.05) is 30.7 Å². The van der Waals surface area contributed by atoms with Gasteiger partial charge in [0.25, 0.3) is 0 Å². The van der Waals surface area contributed by atoms with Crippen molar-refractivity contribution in [2.24, 2.45) is 0 Å². The first kappa shape index (κ1) is 18.5. The molecule has 2 aliphatic heterocycles. The Hall–Kier alpha value is -1.85. The Kier molecular flexibility index (Phi) is 5.50. The zero-order chi connectivity index (χ0) is 18.8. The van der Waals surface area contributed by atoms with Crippen molar-refractivity contribution in [1.82, 2.24) is 10.2 Å². The standard InChI is InChI=1S/C22H29N3OS/c1-15-6-3-7-16(2)21(15)24-22(26)23-17-12-18-8-4-9-19(13-17)25(18)14-20-10-5-11-27-20/h3,5-7,10-11,17-19H,4,8-9,12-14H2,1-2H3,(H2,23,24,26)/t17?,18-,19+. The monoisotopic (exact) mass is 383 g/mol. The average molecular weight is 384 g/mol. The first-order chi connectivity index (χ1) is 13.1. The minimum Gasteiger partial charge on any atom is -0.335 e. The molecule has 1 aromatic carbocycles. The third kappa shape index (κ3) is 4.19. The van der Waals surface area contributed by atoms with Crippen LogP contribution in [0.1, 0.15) is 48.1 Å². The third-order valence-corrected chi connectivity index (χ3v) is 6.96. The number of urea groups is 1. The fraction of sp³-hybridized carbons (Fsp3) is 0.500. The summed E-state index contributed by atoms with van der Waals surface area (Å²) in [6, 6.07) is 11.9. The van der Waals surface area contributed by atoms with Gasteiger partial charge in [-0.25, -0.2) is 4.79 Å². The van der Waals surface area contributed by atoms with Gasteiger partial charge in [0.2, 0.25) is 0 Å². The largest absolute Gasteiger partial charge is 0.335 e. The molecule has 4 rings (SSSR count). The summed E-state index contributed by atoms with van der Waals surface area (Å²) in [5, 5.41) is 8.50. The van der Waals surface area contributed by atoms with Crippen molar-refractivity contribution in [3.63, 3.8) is 0 Å². The highest BCUT2D eigenvalue weighted by Crippen LogP contribution is 2.35. The molecule has 0 radical (unpaired) electrons. The van der Waals surface area contributed by atoms with Crippen LogP contribution in [0.5, 0.6) is 0 Å². The number of nitrogens with one attached hydrogen (secondary N) is 2. The number of thiophene rings is 1. The molecule has 1 unspecified atom stereocenters. The summed E-state index contributed by atoms with van der Waals surface area (Å²) in [7, 11) is 0. The number of hydrogen-bond acceptors (Lipinski definition) is 3. The lowest BCUT2D eigenvalue weighted by Gasteiger charge is -2.49. The van der Waals surface area contributed by atoms with Gasteiger partial charge in [-0.3, -0.25) is 4.90 Å². The van der Waals surface area contributed by atoms with Crippen LogP contribution in [-0.2, 0) is 6.54 Å². The van der Waals surface area contributed by atoms with Gasteiger partial charge in [0, 0.05) is 35.2 Å². The van der Waals surface area contributed by atoms with Crippen LogP contribution in [0.15, 0.2) is 35.7 Å². The highest BCUT2D eigenvalue weighted by Gasteiger charge is 2.38. The topological polar surface area (TPSA) is 44.4 Å². The van der Waals surface area contributed by atoms with E-state index in [1.54, 1.807) is 0 Å². The fourth-order valence-corrected chi connectivity index (χ4v) is 5.50. The first-order valence-electron chi connectivity index (χ1n) is 10.0. The first-order valence-corrected chi connectivity index (χ1v) is 10.9. The number of anilines is 1. The molecule has 3 atom stereocenters. The highest BCUT2D eigenvalue weighted by atomic mass is 32.1. The molecular weight excluding hydrogens is 354 g/mol. The highest BCUT2D eigenvalue weighted by molar-refractivity contribution is 7.09. The number of aryl methyl sites for hydroxylation is 2. The summed E-state index contributed by atoms with van der Waals surface area (Å²) in [6.07, 6.45) is 5.93. The van der Waals surface area contributed by atoms with E-state index < -0.39 is 0 Å². The summed E-state index contributed by atoms with van der Waals surface area (Å²) < 4.78 is 0. The van der Waals surface area contributed by atoms with Gasteiger partial charge in [-0.2, -0.15) is 0 Å². The van der Waals surface area contributed by atoms with E-state index >= 15 is 0 Å². The molecule has 2 saturated heterocycles. The molecule has 0 saturated carbocycles. The number of rotatable bonds is 4. The van der Waals surface area contributed by atoms with Crippen molar-refractivity contribution >= 4 is 23.1 Å². The fourth-order valence-electron chi connectivity index (χ4n) is 4.78. The van der Waals surface area contributed by atoms with Crippen molar-refractivity contribution in [3.05, 3.63) is 51.7 Å². The number of nitrogens with zero attached hydrogens (tertiary/aromatic N) is 1. The lowest BCUT2D eigenvalue weighted by atomic mass is 9.81. The predicted octanol–water partition coefficient (Wildman–Crippen LogP) is 5.07. The molecule has 2 amide bonds. The maximum atomic E-state index is 12.6. The molecule has 0 aliphatic carbocycles. The average Bonchev–Trinajstić information content (AvgIpc) is 3.12. The van der Waals surface area contributed by atoms with Gasteiger partial charge >= 0.3 is 6.03 Å². The van der Waals surface area contributed by atoms with Crippen LogP contribution in [0.2, 0.25) is 0 Å². The molecular formula is C22H29N3OS. The van der Waals surface area contributed by atoms with Crippen molar-refractivity contribution in [2.75, 3.05) is 5.32 Å². The zero-order valence-corrected chi connectivity index (χ0v) is 17.0. The van der Waals surface area contributed by atoms with Gasteiger partial charge in [0.05, 0.1) is 0 Å². The van der Waals surface area contributed by atoms with E-state index in [4.69, 9.17) is 0 Å². The summed E-state index contributed by atoms with van der Waals surface area (Å²) in [5.41, 5.74) is 3.14. The molecule has 4 nitrogen and oxygen atoms in total. The van der Waals surface area contributed by atoms with Crippen LogP contribution in [0, 0.1) is 13.8 Å². The van der Waals surface area contributed by atoms with Gasteiger partial charge in [-0.05, 0) is 62.1 Å². The number of hydrogen-bond donors (Lipinski definition) is 2. The Morgan fingerprint density at radius 1 is 1.11 bits per heavy atom. The summed E-state index contributed by atoms with van der Waals surface area (Å²) in [5.74, 6) is 0. The second-order valence-electron chi connectivity index (χ2n) is 8.02. The van der Waals surface area contributed by atoms with E-state index in [0.717, 1.165) is 36.2 Å². The minimum absolute atomic E-state index is 0.0674. The zero-order valence-electron chi connectivity index (χ0n) is 16.2. The van der Waals surface area contributed by atoms with Crippen LogP contribution < -0.4 is 10.6 Å². The molecule has 144 valence electrons. The van der Waals surface area contributed by atoms with Crippen LogP contribution in [0.4, 0.5) is 10.5 Å². The van der Waals surface area contributed by atoms with Crippen molar-refractivity contribution < 1.29 is 4.79 Å². The molecule has 2 bridgehead atoms. The molecule has 3 heterocycles. The van der Waals surface area contributed by atoms with E-state index in [0.29, 0.717) is 12.1 Å². The molecule has 2 fully saturated rings. The van der Waals surface area contributed by atoms with Crippen LogP contribution >= 0.6 is 11.3 Å². The molecule has 2 N–H and O–H groups in total. The summed E-state index contributed by atoms with van der Waals surface area (Å²) in [4.78, 5) is 16.7. The maximum absolute atomic E-state index is 12.6. The number of fused-ring (bicyclic) bond motifs is 2. The maximum Gasteiger partial charge on any atom is 0.319 e. The molecule has 1 aromatic heterocycles. The lowest BCUT2D eigenvalue weighted by Crippen LogP contribution is -2.56. The Morgan fingerprint density at radius 3 is 2.44 bits per heavy atom. The minimum atomic E-state index is -0.0674. The number of piperidine rings is 2. The Labute approximate surface area is 166 Å². The second-order valence-corrected chi connectivity index (χ2v) is 9.06. The number of para-hydroxylation sites is 1. The second kappa shape index (κ2) is 8.03. The van der Waals surface area contributed by atoms with E-state index in [2.05, 4.69) is 33.0 Å². The van der Waals surface area contributed by atoms with Gasteiger partial charge < -0.3 is 10.6 Å². The van der Waals surface area contributed by atoms with Gasteiger partial charge in [0.15, 0.2) is 0 Å². The summed E-state index contributed by atoms with van der Waals surface area (Å²) >= 11 is 1.85. The van der Waals surface area contributed by atoms with Crippen LogP contribution in [-0.4, -0.2) is 29.1 Å². The quantitative estimate of drug-likeness (QED) is 0.774. The predicted molar refractivity (Wildman–Crippen MR) is 112 cm³/mol. The van der Waals surface area contributed by atoms with Crippen molar-refractivity contribution in [2.45, 2.75) is 70.6 Å². The summed E-state index contributed by atoms with van der Waals surface area (Å²) in [6.45, 7) is 5.14.